The van der Waals surface area contributed by atoms with Crippen LogP contribution < -0.4 is 4.74 Å². The molecule has 0 bridgehead atoms. The lowest BCUT2D eigenvalue weighted by Crippen LogP contribution is -2.21. The van der Waals surface area contributed by atoms with E-state index in [9.17, 15) is 10.2 Å². The molecule has 0 aliphatic carbocycles. The number of benzene rings is 2. The highest BCUT2D eigenvalue weighted by Crippen LogP contribution is 2.23. The molecular weight excluding hydrogens is 264 g/mol. The second kappa shape index (κ2) is 6.95. The molecule has 0 saturated carbocycles. The number of aromatic hydroxyl groups is 1. The van der Waals surface area contributed by atoms with Crippen LogP contribution in [0.15, 0.2) is 54.6 Å². The molecule has 0 heterocycles. The minimum atomic E-state index is -0.749. The molecule has 3 nitrogen and oxygen atoms in total. The number of phenols is 1. The molecule has 2 rings (SSSR count). The van der Waals surface area contributed by atoms with Crippen LogP contribution >= 0.6 is 0 Å². The van der Waals surface area contributed by atoms with E-state index in [2.05, 4.69) is 0 Å². The first-order chi connectivity index (χ1) is 10.1. The van der Waals surface area contributed by atoms with Gasteiger partial charge in [-0.3, -0.25) is 0 Å². The van der Waals surface area contributed by atoms with Crippen molar-refractivity contribution in [2.45, 2.75) is 26.1 Å². The van der Waals surface area contributed by atoms with E-state index in [1.54, 1.807) is 24.3 Å². The second-order valence-corrected chi connectivity index (χ2v) is 4.93. The molecule has 2 aromatic carbocycles. The number of ether oxygens (including phenoxy) is 1. The molecule has 0 amide bonds. The fourth-order valence-electron chi connectivity index (χ4n) is 2.07. The van der Waals surface area contributed by atoms with E-state index in [-0.39, 0.29) is 11.9 Å². The number of aliphatic hydroxyl groups is 1. The Kier molecular flexibility index (Phi) is 5.01. The summed E-state index contributed by atoms with van der Waals surface area (Å²) in [5.74, 6) is 0.896. The zero-order valence-electron chi connectivity index (χ0n) is 12.2. The minimum Gasteiger partial charge on any atom is -0.508 e. The van der Waals surface area contributed by atoms with Crippen LogP contribution in [0.3, 0.4) is 0 Å². The largest absolute Gasteiger partial charge is 0.508 e. The molecule has 0 unspecified atom stereocenters. The van der Waals surface area contributed by atoms with E-state index in [0.29, 0.717) is 11.3 Å². The highest BCUT2D eigenvalue weighted by Gasteiger charge is 2.18. The van der Waals surface area contributed by atoms with Crippen LogP contribution in [0.5, 0.6) is 11.5 Å². The summed E-state index contributed by atoms with van der Waals surface area (Å²) in [5, 5.41) is 19.5. The zero-order valence-corrected chi connectivity index (χ0v) is 12.2. The highest BCUT2D eigenvalue weighted by atomic mass is 16.5. The molecule has 0 radical (unpaired) electrons. The molecule has 0 aliphatic rings. The van der Waals surface area contributed by atoms with E-state index in [1.165, 1.54) is 0 Å². The standard InChI is InChI=1S/C18H20O3/c1-3-4-14-5-11-17(12-6-14)21-13(2)18(20)15-7-9-16(19)10-8-15/h3-13,18-20H,1-2H3/b4-3+/t13-,18-/m0/s1. The Morgan fingerprint density at radius 2 is 1.62 bits per heavy atom. The number of aliphatic hydroxyl groups excluding tert-OH is 1. The Labute approximate surface area is 125 Å². The van der Waals surface area contributed by atoms with Crippen LogP contribution in [0.25, 0.3) is 6.08 Å². The third-order valence-electron chi connectivity index (χ3n) is 3.24. The summed E-state index contributed by atoms with van der Waals surface area (Å²) in [6, 6.07) is 14.2. The molecule has 3 heteroatoms. The third kappa shape index (κ3) is 4.10. The van der Waals surface area contributed by atoms with Gasteiger partial charge in [0.25, 0.3) is 0 Å². The Hall–Kier alpha value is -2.26. The monoisotopic (exact) mass is 284 g/mol. The van der Waals surface area contributed by atoms with Gasteiger partial charge in [-0.25, -0.2) is 0 Å². The molecule has 0 aliphatic heterocycles. The van der Waals surface area contributed by atoms with E-state index >= 15 is 0 Å². The molecule has 0 spiro atoms. The minimum absolute atomic E-state index is 0.180. The summed E-state index contributed by atoms with van der Waals surface area (Å²) in [7, 11) is 0. The molecule has 0 aromatic heterocycles. The van der Waals surface area contributed by atoms with Gasteiger partial charge >= 0.3 is 0 Å². The smallest absolute Gasteiger partial charge is 0.126 e. The summed E-state index contributed by atoms with van der Waals surface area (Å²) in [5.41, 5.74) is 1.82. The average Bonchev–Trinajstić information content (AvgIpc) is 2.49. The van der Waals surface area contributed by atoms with Crippen molar-refractivity contribution in [3.8, 4) is 11.5 Å². The van der Waals surface area contributed by atoms with Crippen LogP contribution in [0.4, 0.5) is 0 Å². The number of rotatable bonds is 5. The van der Waals surface area contributed by atoms with Crippen molar-refractivity contribution >= 4 is 6.08 Å². The van der Waals surface area contributed by atoms with Crippen LogP contribution in [0.2, 0.25) is 0 Å². The molecule has 0 saturated heterocycles. The fourth-order valence-corrected chi connectivity index (χ4v) is 2.07. The van der Waals surface area contributed by atoms with Crippen molar-refractivity contribution in [2.75, 3.05) is 0 Å². The molecule has 110 valence electrons. The first-order valence-corrected chi connectivity index (χ1v) is 6.96. The summed E-state index contributed by atoms with van der Waals surface area (Å²) in [6.07, 6.45) is 2.86. The second-order valence-electron chi connectivity index (χ2n) is 4.93. The third-order valence-corrected chi connectivity index (χ3v) is 3.24. The van der Waals surface area contributed by atoms with Gasteiger partial charge in [-0.15, -0.1) is 0 Å². The maximum Gasteiger partial charge on any atom is 0.126 e. The molecule has 0 fully saturated rings. The average molecular weight is 284 g/mol. The number of phenolic OH excluding ortho intramolecular Hbond substituents is 1. The lowest BCUT2D eigenvalue weighted by atomic mass is 10.1. The van der Waals surface area contributed by atoms with E-state index in [4.69, 9.17) is 4.74 Å². The maximum absolute atomic E-state index is 10.3. The Bertz CT molecular complexity index is 585. The van der Waals surface area contributed by atoms with Gasteiger partial charge in [-0.05, 0) is 49.2 Å². The van der Waals surface area contributed by atoms with Crippen molar-refractivity contribution in [3.05, 3.63) is 65.7 Å². The lowest BCUT2D eigenvalue weighted by Gasteiger charge is -2.21. The quantitative estimate of drug-likeness (QED) is 0.874. The van der Waals surface area contributed by atoms with Crippen molar-refractivity contribution in [3.63, 3.8) is 0 Å². The number of hydrogen-bond acceptors (Lipinski definition) is 3. The van der Waals surface area contributed by atoms with Crippen LogP contribution in [-0.2, 0) is 0 Å². The summed E-state index contributed by atoms with van der Waals surface area (Å²) < 4.78 is 5.76. The van der Waals surface area contributed by atoms with E-state index in [1.807, 2.05) is 50.3 Å². The van der Waals surface area contributed by atoms with Gasteiger partial charge in [0.15, 0.2) is 0 Å². The van der Waals surface area contributed by atoms with Crippen LogP contribution in [0.1, 0.15) is 31.1 Å². The first kappa shape index (κ1) is 15.1. The molecule has 2 atom stereocenters. The Balaban J connectivity index is 2.02. The van der Waals surface area contributed by atoms with Crippen molar-refractivity contribution < 1.29 is 14.9 Å². The fraction of sp³-hybridized carbons (Fsp3) is 0.222. The lowest BCUT2D eigenvalue weighted by molar-refractivity contribution is 0.0467. The van der Waals surface area contributed by atoms with Gasteiger partial charge < -0.3 is 14.9 Å². The predicted octanol–water partition coefficient (Wildman–Crippen LogP) is 3.93. The van der Waals surface area contributed by atoms with Gasteiger partial charge in [0, 0.05) is 0 Å². The molecular formula is C18H20O3. The van der Waals surface area contributed by atoms with Crippen molar-refractivity contribution in [1.29, 1.82) is 0 Å². The van der Waals surface area contributed by atoms with Gasteiger partial charge in [-0.1, -0.05) is 36.4 Å². The topological polar surface area (TPSA) is 49.7 Å². The normalized spacial score (nSPS) is 14.0. The van der Waals surface area contributed by atoms with Crippen molar-refractivity contribution in [2.24, 2.45) is 0 Å². The van der Waals surface area contributed by atoms with Crippen molar-refractivity contribution in [1.82, 2.24) is 0 Å². The Morgan fingerprint density at radius 3 is 2.19 bits per heavy atom. The molecule has 21 heavy (non-hydrogen) atoms. The summed E-state index contributed by atoms with van der Waals surface area (Å²) in [4.78, 5) is 0. The highest BCUT2D eigenvalue weighted by molar-refractivity contribution is 5.50. The number of allylic oxidation sites excluding steroid dienone is 1. The number of hydrogen-bond donors (Lipinski definition) is 2. The maximum atomic E-state index is 10.3. The predicted molar refractivity (Wildman–Crippen MR) is 84.3 cm³/mol. The van der Waals surface area contributed by atoms with Gasteiger partial charge in [0.2, 0.25) is 0 Å². The summed E-state index contributed by atoms with van der Waals surface area (Å²) in [6.45, 7) is 3.79. The zero-order chi connectivity index (χ0) is 15.2. The summed E-state index contributed by atoms with van der Waals surface area (Å²) >= 11 is 0. The Morgan fingerprint density at radius 1 is 1.00 bits per heavy atom. The molecule has 2 N–H and O–H groups in total. The van der Waals surface area contributed by atoms with Gasteiger partial charge in [0.05, 0.1) is 0 Å². The van der Waals surface area contributed by atoms with Crippen LogP contribution in [-0.4, -0.2) is 16.3 Å². The molecule has 2 aromatic rings. The first-order valence-electron chi connectivity index (χ1n) is 6.96. The SMILES string of the molecule is C/C=C/c1ccc(O[C@@H](C)[C@H](O)c2ccc(O)cc2)cc1. The van der Waals surface area contributed by atoms with E-state index < -0.39 is 6.10 Å². The van der Waals surface area contributed by atoms with Gasteiger partial charge in [-0.2, -0.15) is 0 Å². The van der Waals surface area contributed by atoms with Crippen LogP contribution in [0, 0.1) is 0 Å². The van der Waals surface area contributed by atoms with E-state index in [0.717, 1.165) is 5.56 Å². The van der Waals surface area contributed by atoms with Gasteiger partial charge in [0.1, 0.15) is 23.7 Å².